The van der Waals surface area contributed by atoms with Crippen LogP contribution in [0.2, 0.25) is 0 Å². The summed E-state index contributed by atoms with van der Waals surface area (Å²) in [4.78, 5) is 24.9. The van der Waals surface area contributed by atoms with E-state index in [0.717, 1.165) is 22.4 Å². The first-order chi connectivity index (χ1) is 11.6. The van der Waals surface area contributed by atoms with Gasteiger partial charge in [0.15, 0.2) is 0 Å². The molecule has 0 unspecified atom stereocenters. The van der Waals surface area contributed by atoms with Crippen molar-refractivity contribution in [3.63, 3.8) is 0 Å². The van der Waals surface area contributed by atoms with Crippen LogP contribution in [0, 0.1) is 20.8 Å². The van der Waals surface area contributed by atoms with Crippen molar-refractivity contribution in [2.45, 2.75) is 47.1 Å². The molecule has 0 saturated carbocycles. The first-order valence-corrected chi connectivity index (χ1v) is 8.38. The van der Waals surface area contributed by atoms with Crippen LogP contribution in [0.4, 0.5) is 5.69 Å². The molecule has 0 heterocycles. The lowest BCUT2D eigenvalue weighted by atomic mass is 10.0. The number of nitrogens with one attached hydrogen (secondary N) is 2. The van der Waals surface area contributed by atoms with Gasteiger partial charge in [-0.1, -0.05) is 23.8 Å². The lowest BCUT2D eigenvalue weighted by Crippen LogP contribution is -2.40. The summed E-state index contributed by atoms with van der Waals surface area (Å²) in [5.74, 6) is -0.412. The molecule has 4 heteroatoms. The average Bonchev–Trinajstić information content (AvgIpc) is 2.49. The Morgan fingerprint density at radius 1 is 0.840 bits per heavy atom. The molecule has 0 saturated heterocycles. The van der Waals surface area contributed by atoms with Gasteiger partial charge in [-0.05, 0) is 70.9 Å². The van der Waals surface area contributed by atoms with E-state index < -0.39 is 0 Å². The van der Waals surface area contributed by atoms with E-state index in [1.165, 1.54) is 0 Å². The van der Waals surface area contributed by atoms with Gasteiger partial charge in [-0.2, -0.15) is 0 Å². The van der Waals surface area contributed by atoms with Crippen LogP contribution < -0.4 is 10.6 Å². The molecular formula is C21H26N2O2. The zero-order valence-electron chi connectivity index (χ0n) is 15.8. The number of hydrogen-bond acceptors (Lipinski definition) is 2. The molecule has 132 valence electrons. The number of benzene rings is 2. The largest absolute Gasteiger partial charge is 0.347 e. The maximum absolute atomic E-state index is 12.6. The van der Waals surface area contributed by atoms with Crippen LogP contribution in [0.5, 0.6) is 0 Å². The number of hydrogen-bond donors (Lipinski definition) is 2. The van der Waals surface area contributed by atoms with E-state index in [-0.39, 0.29) is 17.4 Å². The molecule has 2 amide bonds. The van der Waals surface area contributed by atoms with Gasteiger partial charge in [-0.3, -0.25) is 9.59 Å². The highest BCUT2D eigenvalue weighted by Crippen LogP contribution is 2.22. The van der Waals surface area contributed by atoms with Crippen LogP contribution in [0.1, 0.15) is 58.2 Å². The highest BCUT2D eigenvalue weighted by molar-refractivity contribution is 6.06. The molecule has 0 atom stereocenters. The molecule has 25 heavy (non-hydrogen) atoms. The van der Waals surface area contributed by atoms with Crippen LogP contribution in [0.15, 0.2) is 36.4 Å². The zero-order valence-corrected chi connectivity index (χ0v) is 15.8. The second-order valence-corrected chi connectivity index (χ2v) is 7.51. The van der Waals surface area contributed by atoms with Crippen LogP contribution in [0.3, 0.4) is 0 Å². The third-order valence-electron chi connectivity index (χ3n) is 3.79. The molecule has 0 aliphatic heterocycles. The third-order valence-corrected chi connectivity index (χ3v) is 3.79. The maximum Gasteiger partial charge on any atom is 0.255 e. The van der Waals surface area contributed by atoms with Gasteiger partial charge in [0.2, 0.25) is 0 Å². The van der Waals surface area contributed by atoms with E-state index in [0.29, 0.717) is 11.1 Å². The summed E-state index contributed by atoms with van der Waals surface area (Å²) in [7, 11) is 0. The van der Waals surface area contributed by atoms with Gasteiger partial charge in [0.25, 0.3) is 11.8 Å². The van der Waals surface area contributed by atoms with E-state index in [2.05, 4.69) is 10.6 Å². The van der Waals surface area contributed by atoms with Crippen molar-refractivity contribution in [3.8, 4) is 0 Å². The van der Waals surface area contributed by atoms with Crippen molar-refractivity contribution < 1.29 is 9.59 Å². The van der Waals surface area contributed by atoms with Crippen LogP contribution in [-0.4, -0.2) is 17.4 Å². The van der Waals surface area contributed by atoms with E-state index >= 15 is 0 Å². The Labute approximate surface area is 149 Å². The molecule has 0 aliphatic rings. The summed E-state index contributed by atoms with van der Waals surface area (Å²) in [6.07, 6.45) is 0. The summed E-state index contributed by atoms with van der Waals surface area (Å²) in [6.45, 7) is 11.7. The Bertz CT molecular complexity index is 794. The van der Waals surface area contributed by atoms with Gasteiger partial charge in [-0.15, -0.1) is 0 Å². The van der Waals surface area contributed by atoms with Crippen molar-refractivity contribution in [3.05, 3.63) is 64.2 Å². The monoisotopic (exact) mass is 338 g/mol. The van der Waals surface area contributed by atoms with Crippen LogP contribution >= 0.6 is 0 Å². The number of amides is 2. The molecule has 2 N–H and O–H groups in total. The molecule has 2 rings (SSSR count). The van der Waals surface area contributed by atoms with Crippen LogP contribution in [-0.2, 0) is 0 Å². The fraction of sp³-hybridized carbons (Fsp3) is 0.333. The van der Waals surface area contributed by atoms with Gasteiger partial charge in [0.1, 0.15) is 0 Å². The molecule has 0 bridgehead atoms. The van der Waals surface area contributed by atoms with E-state index in [1.54, 1.807) is 24.3 Å². The number of carbonyl (C=O) groups excluding carboxylic acids is 2. The topological polar surface area (TPSA) is 58.2 Å². The minimum Gasteiger partial charge on any atom is -0.347 e. The summed E-state index contributed by atoms with van der Waals surface area (Å²) < 4.78 is 0. The van der Waals surface area contributed by atoms with Crippen molar-refractivity contribution in [2.75, 3.05) is 5.32 Å². The molecule has 2 aromatic carbocycles. The normalized spacial score (nSPS) is 11.1. The van der Waals surface area contributed by atoms with E-state index in [4.69, 9.17) is 0 Å². The van der Waals surface area contributed by atoms with E-state index in [1.807, 2.05) is 53.7 Å². The minimum absolute atomic E-state index is 0.190. The van der Waals surface area contributed by atoms with Crippen molar-refractivity contribution in [1.29, 1.82) is 0 Å². The maximum atomic E-state index is 12.6. The van der Waals surface area contributed by atoms with Crippen molar-refractivity contribution in [1.82, 2.24) is 5.32 Å². The van der Waals surface area contributed by atoms with Crippen molar-refractivity contribution >= 4 is 17.5 Å². The number of rotatable bonds is 3. The number of anilines is 1. The number of carbonyl (C=O) groups is 2. The molecule has 4 nitrogen and oxygen atoms in total. The second-order valence-electron chi connectivity index (χ2n) is 7.51. The Balaban J connectivity index is 2.24. The van der Waals surface area contributed by atoms with E-state index in [9.17, 15) is 9.59 Å². The predicted octanol–water partition coefficient (Wildman–Crippen LogP) is 4.39. The SMILES string of the molecule is Cc1cc(C)c(NC(=O)c2cccc(C(=O)NC(C)(C)C)c2)c(C)c1. The Kier molecular flexibility index (Phi) is 5.31. The fourth-order valence-corrected chi connectivity index (χ4v) is 2.78. The summed E-state index contributed by atoms with van der Waals surface area (Å²) in [6, 6.07) is 10.8. The lowest BCUT2D eigenvalue weighted by Gasteiger charge is -2.20. The fourth-order valence-electron chi connectivity index (χ4n) is 2.78. The predicted molar refractivity (Wildman–Crippen MR) is 102 cm³/mol. The Morgan fingerprint density at radius 3 is 1.88 bits per heavy atom. The molecular weight excluding hydrogens is 312 g/mol. The quantitative estimate of drug-likeness (QED) is 0.872. The van der Waals surface area contributed by atoms with Crippen LogP contribution in [0.25, 0.3) is 0 Å². The van der Waals surface area contributed by atoms with Gasteiger partial charge in [0, 0.05) is 22.4 Å². The zero-order chi connectivity index (χ0) is 18.8. The van der Waals surface area contributed by atoms with Gasteiger partial charge < -0.3 is 10.6 Å². The van der Waals surface area contributed by atoms with Gasteiger partial charge in [-0.25, -0.2) is 0 Å². The third kappa shape index (κ3) is 4.92. The van der Waals surface area contributed by atoms with Crippen molar-refractivity contribution in [2.24, 2.45) is 0 Å². The Morgan fingerprint density at radius 2 is 1.36 bits per heavy atom. The average molecular weight is 338 g/mol. The van der Waals surface area contributed by atoms with Gasteiger partial charge >= 0.3 is 0 Å². The first-order valence-electron chi connectivity index (χ1n) is 8.38. The standard InChI is InChI=1S/C21H26N2O2/c1-13-10-14(2)18(15(3)11-13)22-19(24)16-8-7-9-17(12-16)20(25)23-21(4,5)6/h7-12H,1-6H3,(H,22,24)(H,23,25). The molecule has 0 spiro atoms. The first kappa shape index (κ1) is 18.7. The highest BCUT2D eigenvalue weighted by atomic mass is 16.2. The summed E-state index contributed by atoms with van der Waals surface area (Å²) in [5.41, 5.74) is 4.63. The molecule has 2 aromatic rings. The Hall–Kier alpha value is -2.62. The second kappa shape index (κ2) is 7.09. The molecule has 0 fully saturated rings. The highest BCUT2D eigenvalue weighted by Gasteiger charge is 2.17. The number of aryl methyl sites for hydroxylation is 3. The lowest BCUT2D eigenvalue weighted by molar-refractivity contribution is 0.0919. The minimum atomic E-state index is -0.328. The molecule has 0 aromatic heterocycles. The van der Waals surface area contributed by atoms with Gasteiger partial charge in [0.05, 0.1) is 0 Å². The summed E-state index contributed by atoms with van der Waals surface area (Å²) >= 11 is 0. The smallest absolute Gasteiger partial charge is 0.255 e. The molecule has 0 radical (unpaired) electrons. The summed E-state index contributed by atoms with van der Waals surface area (Å²) in [5, 5.41) is 5.87. The molecule has 0 aliphatic carbocycles.